The number of thioether (sulfide) groups is 1. The van der Waals surface area contributed by atoms with Gasteiger partial charge in [0, 0.05) is 18.7 Å². The highest BCUT2D eigenvalue weighted by molar-refractivity contribution is 7.99. The van der Waals surface area contributed by atoms with Crippen molar-refractivity contribution in [1.29, 1.82) is 0 Å². The van der Waals surface area contributed by atoms with Crippen molar-refractivity contribution in [3.05, 3.63) is 52.5 Å². The summed E-state index contributed by atoms with van der Waals surface area (Å²) in [7, 11) is -3.48. The summed E-state index contributed by atoms with van der Waals surface area (Å²) in [4.78, 5) is 12.4. The van der Waals surface area contributed by atoms with Crippen LogP contribution in [0.3, 0.4) is 0 Å². The first-order chi connectivity index (χ1) is 15.3. The summed E-state index contributed by atoms with van der Waals surface area (Å²) in [6.07, 6.45) is 1.76. The van der Waals surface area contributed by atoms with Crippen LogP contribution in [0.25, 0.3) is 11.5 Å². The lowest BCUT2D eigenvalue weighted by Crippen LogP contribution is -2.27. The Labute approximate surface area is 199 Å². The Hall–Kier alpha value is -2.11. The molecule has 0 bridgehead atoms. The van der Waals surface area contributed by atoms with E-state index in [0.29, 0.717) is 29.4 Å². The first kappa shape index (κ1) is 23.1. The minimum atomic E-state index is -3.48. The molecule has 1 aliphatic rings. The van der Waals surface area contributed by atoms with Crippen molar-refractivity contribution < 1.29 is 17.6 Å². The molecule has 0 unspecified atom stereocenters. The van der Waals surface area contributed by atoms with Gasteiger partial charge in [0.05, 0.1) is 26.4 Å². The molecule has 1 aliphatic heterocycles. The Kier molecular flexibility index (Phi) is 7.06. The summed E-state index contributed by atoms with van der Waals surface area (Å²) < 4.78 is 32.3. The quantitative estimate of drug-likeness (QED) is 0.462. The number of anilines is 1. The van der Waals surface area contributed by atoms with Crippen LogP contribution in [0, 0.1) is 0 Å². The fraction of sp³-hybridized carbons (Fsp3) is 0.250. The maximum atomic E-state index is 12.6. The number of halogens is 2. The van der Waals surface area contributed by atoms with Gasteiger partial charge in [0.15, 0.2) is 0 Å². The van der Waals surface area contributed by atoms with Crippen molar-refractivity contribution in [2.45, 2.75) is 23.0 Å². The van der Waals surface area contributed by atoms with Crippen LogP contribution in [0.2, 0.25) is 10.0 Å². The number of carbonyl (C=O) groups is 1. The number of carbonyl (C=O) groups excluding carboxylic acids is 1. The van der Waals surface area contributed by atoms with Crippen LogP contribution in [0.15, 0.2) is 57.0 Å². The van der Waals surface area contributed by atoms with Crippen LogP contribution in [0.1, 0.15) is 12.8 Å². The zero-order valence-corrected chi connectivity index (χ0v) is 19.8. The minimum Gasteiger partial charge on any atom is -0.411 e. The Morgan fingerprint density at radius 3 is 2.53 bits per heavy atom. The highest BCUT2D eigenvalue weighted by atomic mass is 35.5. The van der Waals surface area contributed by atoms with Gasteiger partial charge in [-0.05, 0) is 49.2 Å². The molecule has 0 saturated carbocycles. The van der Waals surface area contributed by atoms with Gasteiger partial charge in [-0.2, -0.15) is 4.31 Å². The van der Waals surface area contributed by atoms with E-state index in [9.17, 15) is 13.2 Å². The second-order valence-electron chi connectivity index (χ2n) is 6.95. The molecule has 4 rings (SSSR count). The number of rotatable bonds is 7. The molecule has 2 aromatic carbocycles. The lowest BCUT2D eigenvalue weighted by molar-refractivity contribution is -0.113. The van der Waals surface area contributed by atoms with E-state index < -0.39 is 10.0 Å². The molecular formula is C20H18Cl2N4O4S2. The standard InChI is InChI=1S/C20H18Cl2N4O4S2/c21-15-4-3-5-16(18(15)22)23-17(27)12-31-20-25-24-19(30-20)13-6-8-14(9-7-13)32(28,29)26-10-1-2-11-26/h3-9H,1-2,10-12H2,(H,23,27). The average Bonchev–Trinajstić information content (AvgIpc) is 3.48. The van der Waals surface area contributed by atoms with E-state index in [1.54, 1.807) is 30.3 Å². The number of hydrogen-bond acceptors (Lipinski definition) is 7. The van der Waals surface area contributed by atoms with Gasteiger partial charge in [0.25, 0.3) is 5.22 Å². The van der Waals surface area contributed by atoms with Crippen molar-refractivity contribution in [2.24, 2.45) is 0 Å². The van der Waals surface area contributed by atoms with E-state index in [-0.39, 0.29) is 32.7 Å². The average molecular weight is 513 g/mol. The number of amides is 1. The normalized spacial score (nSPS) is 14.6. The summed E-state index contributed by atoms with van der Waals surface area (Å²) in [6.45, 7) is 1.09. The SMILES string of the molecule is O=C(CSc1nnc(-c2ccc(S(=O)(=O)N3CCCC3)cc2)o1)Nc1cccc(Cl)c1Cl. The largest absolute Gasteiger partial charge is 0.411 e. The molecule has 0 spiro atoms. The van der Waals surface area contributed by atoms with Crippen molar-refractivity contribution in [3.8, 4) is 11.5 Å². The molecule has 2 heterocycles. The van der Waals surface area contributed by atoms with E-state index in [0.717, 1.165) is 24.6 Å². The molecule has 12 heteroatoms. The van der Waals surface area contributed by atoms with Crippen molar-refractivity contribution in [1.82, 2.24) is 14.5 Å². The van der Waals surface area contributed by atoms with Crippen molar-refractivity contribution in [3.63, 3.8) is 0 Å². The second-order valence-corrected chi connectivity index (χ2v) is 10.6. The van der Waals surface area contributed by atoms with Crippen LogP contribution >= 0.6 is 35.0 Å². The Morgan fingerprint density at radius 1 is 1.09 bits per heavy atom. The van der Waals surface area contributed by atoms with Gasteiger partial charge in [-0.15, -0.1) is 10.2 Å². The van der Waals surface area contributed by atoms with E-state index in [1.807, 2.05) is 0 Å². The third-order valence-electron chi connectivity index (χ3n) is 4.76. The summed E-state index contributed by atoms with van der Waals surface area (Å²) in [5.41, 5.74) is 1.000. The predicted octanol–water partition coefficient (Wildman–Crippen LogP) is 4.56. The molecule has 1 saturated heterocycles. The lowest BCUT2D eigenvalue weighted by atomic mass is 10.2. The molecule has 168 valence electrons. The third-order valence-corrected chi connectivity index (χ3v) is 8.31. The van der Waals surface area contributed by atoms with Crippen LogP contribution in [-0.2, 0) is 14.8 Å². The van der Waals surface area contributed by atoms with Gasteiger partial charge >= 0.3 is 0 Å². The van der Waals surface area contributed by atoms with Gasteiger partial charge < -0.3 is 9.73 Å². The van der Waals surface area contributed by atoms with E-state index in [4.69, 9.17) is 27.6 Å². The highest BCUT2D eigenvalue weighted by Crippen LogP contribution is 2.30. The van der Waals surface area contributed by atoms with Crippen molar-refractivity contribution in [2.75, 3.05) is 24.2 Å². The lowest BCUT2D eigenvalue weighted by Gasteiger charge is -2.15. The maximum absolute atomic E-state index is 12.6. The minimum absolute atomic E-state index is 0.0253. The molecule has 3 aromatic rings. The van der Waals surface area contributed by atoms with Gasteiger partial charge in [-0.3, -0.25) is 4.79 Å². The Bertz CT molecular complexity index is 1230. The van der Waals surface area contributed by atoms with Gasteiger partial charge in [-0.1, -0.05) is 41.0 Å². The number of nitrogens with one attached hydrogen (secondary N) is 1. The highest BCUT2D eigenvalue weighted by Gasteiger charge is 2.27. The molecule has 0 aliphatic carbocycles. The molecule has 1 N–H and O–H groups in total. The molecule has 1 aromatic heterocycles. The first-order valence-electron chi connectivity index (χ1n) is 9.65. The summed E-state index contributed by atoms with van der Waals surface area (Å²) >= 11 is 13.1. The molecule has 8 nitrogen and oxygen atoms in total. The fourth-order valence-corrected chi connectivity index (χ4v) is 5.57. The smallest absolute Gasteiger partial charge is 0.277 e. The van der Waals surface area contributed by atoms with Gasteiger partial charge in [0.2, 0.25) is 21.8 Å². The fourth-order valence-electron chi connectivity index (χ4n) is 3.15. The molecule has 0 radical (unpaired) electrons. The Balaban J connectivity index is 1.37. The predicted molar refractivity (Wildman–Crippen MR) is 124 cm³/mol. The number of hydrogen-bond donors (Lipinski definition) is 1. The monoisotopic (exact) mass is 512 g/mol. The summed E-state index contributed by atoms with van der Waals surface area (Å²) in [5, 5.41) is 11.4. The zero-order chi connectivity index (χ0) is 22.7. The first-order valence-corrected chi connectivity index (χ1v) is 12.8. The number of sulfonamides is 1. The van der Waals surface area contributed by atoms with E-state index >= 15 is 0 Å². The van der Waals surface area contributed by atoms with E-state index in [1.165, 1.54) is 16.4 Å². The van der Waals surface area contributed by atoms with E-state index in [2.05, 4.69) is 15.5 Å². The molecule has 1 fully saturated rings. The van der Waals surface area contributed by atoms with Gasteiger partial charge in [-0.25, -0.2) is 8.42 Å². The molecular weight excluding hydrogens is 495 g/mol. The third kappa shape index (κ3) is 5.10. The zero-order valence-electron chi connectivity index (χ0n) is 16.6. The molecule has 1 amide bonds. The topological polar surface area (TPSA) is 105 Å². The molecule has 0 atom stereocenters. The number of benzene rings is 2. The summed E-state index contributed by atoms with van der Waals surface area (Å²) in [6, 6.07) is 11.3. The number of aromatic nitrogens is 2. The second kappa shape index (κ2) is 9.80. The van der Waals surface area contributed by atoms with Crippen LogP contribution in [-0.4, -0.2) is 47.7 Å². The van der Waals surface area contributed by atoms with Crippen LogP contribution in [0.4, 0.5) is 5.69 Å². The van der Waals surface area contributed by atoms with Crippen LogP contribution in [0.5, 0.6) is 0 Å². The van der Waals surface area contributed by atoms with Gasteiger partial charge in [0.1, 0.15) is 0 Å². The number of nitrogens with zero attached hydrogens (tertiary/aromatic N) is 3. The van der Waals surface area contributed by atoms with Crippen LogP contribution < -0.4 is 5.32 Å². The maximum Gasteiger partial charge on any atom is 0.277 e. The summed E-state index contributed by atoms with van der Waals surface area (Å²) in [5.74, 6) is -0.0522. The molecule has 32 heavy (non-hydrogen) atoms. The van der Waals surface area contributed by atoms with Crippen molar-refractivity contribution >= 4 is 56.6 Å². The Morgan fingerprint density at radius 2 is 1.81 bits per heavy atom.